The Morgan fingerprint density at radius 3 is 2.31 bits per heavy atom. The highest BCUT2D eigenvalue weighted by Gasteiger charge is 2.53. The van der Waals surface area contributed by atoms with Crippen LogP contribution in [0, 0.1) is 18.6 Å². The number of amides is 1. The van der Waals surface area contributed by atoms with Crippen molar-refractivity contribution in [2.24, 2.45) is 0 Å². The maximum atomic E-state index is 14.8. The Bertz CT molecular complexity index is 1130. The van der Waals surface area contributed by atoms with Gasteiger partial charge in [0.2, 0.25) is 0 Å². The highest BCUT2D eigenvalue weighted by molar-refractivity contribution is 6.62. The summed E-state index contributed by atoms with van der Waals surface area (Å²) in [6, 6.07) is 5.39. The monoisotopic (exact) mass is 441 g/mol. The van der Waals surface area contributed by atoms with Gasteiger partial charge in [-0.05, 0) is 82.8 Å². The highest BCUT2D eigenvalue weighted by Crippen LogP contribution is 2.55. The van der Waals surface area contributed by atoms with E-state index in [4.69, 9.17) is 14.0 Å². The molecule has 2 fully saturated rings. The quantitative estimate of drug-likeness (QED) is 0.724. The van der Waals surface area contributed by atoms with E-state index in [-0.39, 0.29) is 16.7 Å². The van der Waals surface area contributed by atoms with E-state index >= 15 is 0 Å². The lowest BCUT2D eigenvalue weighted by Crippen LogP contribution is -2.41. The van der Waals surface area contributed by atoms with Gasteiger partial charge in [-0.3, -0.25) is 4.79 Å². The number of anilines is 1. The Labute approximate surface area is 186 Å². The molecule has 0 atom stereocenters. The molecule has 1 aliphatic carbocycles. The minimum atomic E-state index is -0.786. The first-order valence-electron chi connectivity index (χ1n) is 10.9. The molecule has 8 heteroatoms. The summed E-state index contributed by atoms with van der Waals surface area (Å²) in [5.41, 5.74) is 0.735. The van der Waals surface area contributed by atoms with Gasteiger partial charge in [-0.25, -0.2) is 8.78 Å². The molecule has 32 heavy (non-hydrogen) atoms. The topological polar surface area (TPSA) is 56.8 Å². The minimum absolute atomic E-state index is 0.0813. The molecule has 2 heterocycles. The molecular formula is C24H26BF2NO4. The van der Waals surface area contributed by atoms with Gasteiger partial charge in [-0.15, -0.1) is 0 Å². The first-order valence-corrected chi connectivity index (χ1v) is 10.9. The third kappa shape index (κ3) is 3.23. The summed E-state index contributed by atoms with van der Waals surface area (Å²) in [6.07, 6.45) is 1.93. The molecule has 5 rings (SSSR count). The van der Waals surface area contributed by atoms with Crippen molar-refractivity contribution in [1.82, 2.24) is 0 Å². The molecule has 0 radical (unpaired) electrons. The largest absolute Gasteiger partial charge is 0.495 e. The van der Waals surface area contributed by atoms with Gasteiger partial charge in [0.1, 0.15) is 17.4 Å². The fourth-order valence-electron chi connectivity index (χ4n) is 4.35. The Balaban J connectivity index is 1.44. The second-order valence-corrected chi connectivity index (χ2v) is 10.1. The van der Waals surface area contributed by atoms with Crippen molar-refractivity contribution in [3.8, 4) is 5.75 Å². The van der Waals surface area contributed by atoms with Gasteiger partial charge < -0.3 is 19.4 Å². The second kappa shape index (κ2) is 6.78. The molecule has 1 saturated heterocycles. The summed E-state index contributed by atoms with van der Waals surface area (Å²) in [7, 11) is -0.786. The number of benzene rings is 2. The van der Waals surface area contributed by atoms with Gasteiger partial charge in [-0.1, -0.05) is 0 Å². The van der Waals surface area contributed by atoms with Gasteiger partial charge >= 0.3 is 7.12 Å². The van der Waals surface area contributed by atoms with E-state index in [1.54, 1.807) is 6.92 Å². The van der Waals surface area contributed by atoms with Crippen LogP contribution in [0.15, 0.2) is 24.3 Å². The van der Waals surface area contributed by atoms with Crippen molar-refractivity contribution in [2.75, 3.05) is 11.9 Å². The van der Waals surface area contributed by atoms with E-state index in [1.165, 1.54) is 24.3 Å². The number of nitrogens with one attached hydrogen (secondary N) is 1. The van der Waals surface area contributed by atoms with Gasteiger partial charge in [0.15, 0.2) is 0 Å². The molecule has 3 aliphatic rings. The van der Waals surface area contributed by atoms with Crippen molar-refractivity contribution in [2.45, 2.75) is 64.1 Å². The van der Waals surface area contributed by atoms with Crippen molar-refractivity contribution < 1.29 is 27.6 Å². The fourth-order valence-corrected chi connectivity index (χ4v) is 4.35. The minimum Gasteiger partial charge on any atom is -0.492 e. The van der Waals surface area contributed by atoms with Crippen LogP contribution in [0.3, 0.4) is 0 Å². The highest BCUT2D eigenvalue weighted by atomic mass is 19.1. The Morgan fingerprint density at radius 2 is 1.69 bits per heavy atom. The lowest BCUT2D eigenvalue weighted by molar-refractivity contribution is 0.00578. The molecule has 1 amide bonds. The van der Waals surface area contributed by atoms with Crippen LogP contribution in [-0.2, 0) is 14.7 Å². The zero-order valence-electron chi connectivity index (χ0n) is 18.9. The summed E-state index contributed by atoms with van der Waals surface area (Å²) < 4.78 is 47.1. The van der Waals surface area contributed by atoms with E-state index in [1.807, 2.05) is 27.7 Å². The van der Waals surface area contributed by atoms with Crippen LogP contribution in [-0.4, -0.2) is 30.8 Å². The van der Waals surface area contributed by atoms with Crippen LogP contribution in [0.25, 0.3) is 0 Å². The summed E-state index contributed by atoms with van der Waals surface area (Å²) in [5, 5.41) is 2.66. The number of hydrogen-bond acceptors (Lipinski definition) is 4. The molecule has 2 aromatic carbocycles. The molecule has 2 aliphatic heterocycles. The van der Waals surface area contributed by atoms with Crippen molar-refractivity contribution in [1.29, 1.82) is 0 Å². The number of halogens is 2. The van der Waals surface area contributed by atoms with E-state index in [0.29, 0.717) is 23.4 Å². The van der Waals surface area contributed by atoms with Crippen LogP contribution in [0.5, 0.6) is 5.75 Å². The lowest BCUT2D eigenvalue weighted by Gasteiger charge is -2.32. The Morgan fingerprint density at radius 1 is 1.03 bits per heavy atom. The van der Waals surface area contributed by atoms with Crippen LogP contribution >= 0.6 is 0 Å². The average Bonchev–Trinajstić information content (AvgIpc) is 3.35. The third-order valence-corrected chi connectivity index (χ3v) is 7.41. The molecule has 168 valence electrons. The zero-order chi connectivity index (χ0) is 23.1. The summed E-state index contributed by atoms with van der Waals surface area (Å²) in [6.45, 7) is 9.91. The second-order valence-electron chi connectivity index (χ2n) is 10.1. The molecule has 2 aromatic rings. The van der Waals surface area contributed by atoms with Crippen molar-refractivity contribution >= 4 is 24.2 Å². The van der Waals surface area contributed by atoms with Gasteiger partial charge in [0, 0.05) is 16.7 Å². The van der Waals surface area contributed by atoms with Gasteiger partial charge in [-0.2, -0.15) is 0 Å². The number of carbonyl (C=O) groups excluding carboxylic acids is 1. The molecule has 5 nitrogen and oxygen atoms in total. The van der Waals surface area contributed by atoms with Gasteiger partial charge in [0.25, 0.3) is 5.91 Å². The van der Waals surface area contributed by atoms with Crippen LogP contribution in [0.2, 0.25) is 0 Å². The van der Waals surface area contributed by atoms with E-state index in [9.17, 15) is 13.6 Å². The molecular weight excluding hydrogens is 415 g/mol. The normalized spacial score (nSPS) is 21.4. The molecule has 1 N–H and O–H groups in total. The summed E-state index contributed by atoms with van der Waals surface area (Å²) in [4.78, 5) is 12.9. The first kappa shape index (κ1) is 21.4. The van der Waals surface area contributed by atoms with Crippen LogP contribution in [0.1, 0.15) is 62.0 Å². The van der Waals surface area contributed by atoms with E-state index < -0.39 is 35.9 Å². The third-order valence-electron chi connectivity index (χ3n) is 7.41. The Hall–Kier alpha value is -2.45. The number of hydrogen-bond donors (Lipinski definition) is 1. The van der Waals surface area contributed by atoms with Gasteiger partial charge in [0.05, 0.1) is 23.4 Å². The molecule has 0 unspecified atom stereocenters. The van der Waals surface area contributed by atoms with E-state index in [0.717, 1.165) is 18.4 Å². The average molecular weight is 441 g/mol. The smallest absolute Gasteiger partial charge is 0.492 e. The lowest BCUT2D eigenvalue weighted by atomic mass is 9.75. The predicted molar refractivity (Wildman–Crippen MR) is 118 cm³/mol. The van der Waals surface area contributed by atoms with Crippen LogP contribution < -0.4 is 15.5 Å². The molecule has 0 aromatic heterocycles. The fraction of sp³-hybridized carbons (Fsp3) is 0.458. The number of ether oxygens (including phenoxy) is 1. The van der Waals surface area contributed by atoms with Crippen LogP contribution in [0.4, 0.5) is 14.5 Å². The van der Waals surface area contributed by atoms with Crippen molar-refractivity contribution in [3.05, 3.63) is 52.6 Å². The maximum Gasteiger partial charge on any atom is 0.495 e. The number of carbonyl (C=O) groups is 1. The standard InChI is InChI=1S/C24H26BF2NO4/c1-13-17(25-31-22(2,3)23(4,5)32-25)8-14(26)9-19(13)28-21(29)15-10-20-16(11-18(15)27)24(6-7-24)12-30-20/h8-11H,6-7,12H2,1-5H3,(H,28,29). The predicted octanol–water partition coefficient (Wildman–Crippen LogP) is 4.25. The molecule has 1 saturated carbocycles. The Kier molecular flexibility index (Phi) is 4.53. The van der Waals surface area contributed by atoms with E-state index in [2.05, 4.69) is 5.32 Å². The summed E-state index contributed by atoms with van der Waals surface area (Å²) >= 11 is 0. The summed E-state index contributed by atoms with van der Waals surface area (Å²) in [5.74, 6) is -1.29. The maximum absolute atomic E-state index is 14.8. The molecule has 0 bridgehead atoms. The SMILES string of the molecule is Cc1c(NC(=O)c2cc3c(cc2F)C2(CC2)CO3)cc(F)cc1B1OC(C)(C)C(C)(C)O1. The van der Waals surface area contributed by atoms with Crippen molar-refractivity contribution in [3.63, 3.8) is 0 Å². The first-order chi connectivity index (χ1) is 14.9. The zero-order valence-corrected chi connectivity index (χ0v) is 18.9. The molecule has 1 spiro atoms. The number of rotatable bonds is 3. The number of fused-ring (bicyclic) bond motifs is 2.